The zero-order valence-electron chi connectivity index (χ0n) is 18.6. The Morgan fingerprint density at radius 3 is 2.33 bits per heavy atom. The third-order valence-electron chi connectivity index (χ3n) is 4.35. The maximum Gasteiger partial charge on any atom is 0.329 e. The van der Waals surface area contributed by atoms with Crippen molar-refractivity contribution in [1.82, 2.24) is 10.7 Å². The highest BCUT2D eigenvalue weighted by Gasteiger charge is 2.16. The Labute approximate surface area is 214 Å². The topological polar surface area (TPSA) is 151 Å². The molecule has 11 nitrogen and oxygen atoms in total. The number of amides is 4. The summed E-state index contributed by atoms with van der Waals surface area (Å²) in [4.78, 5) is 48.0. The van der Waals surface area contributed by atoms with Crippen LogP contribution in [0.15, 0.2) is 64.1 Å². The maximum atomic E-state index is 12.0. The van der Waals surface area contributed by atoms with Crippen LogP contribution < -0.4 is 26.1 Å². The Kier molecular flexibility index (Phi) is 9.03. The molecule has 0 fully saturated rings. The van der Waals surface area contributed by atoms with Crippen LogP contribution >= 0.6 is 23.2 Å². The van der Waals surface area contributed by atoms with Crippen LogP contribution in [0.2, 0.25) is 10.0 Å². The number of hydrazone groups is 1. The molecular formula is C23H19Cl2N5O6. The van der Waals surface area contributed by atoms with E-state index in [0.717, 1.165) is 6.21 Å². The maximum absolute atomic E-state index is 12.0. The van der Waals surface area contributed by atoms with Crippen LogP contribution in [0.5, 0.6) is 5.75 Å². The lowest BCUT2D eigenvalue weighted by molar-refractivity contribution is -0.136. The molecule has 0 radical (unpaired) electrons. The van der Waals surface area contributed by atoms with Gasteiger partial charge in [0.05, 0.1) is 25.6 Å². The minimum Gasteiger partial charge on any atom is -0.495 e. The molecule has 0 saturated carbocycles. The highest BCUT2D eigenvalue weighted by Crippen LogP contribution is 2.23. The molecule has 2 aromatic carbocycles. The van der Waals surface area contributed by atoms with Crippen molar-refractivity contribution >= 4 is 64.4 Å². The molecule has 4 N–H and O–H groups in total. The second-order valence-corrected chi connectivity index (χ2v) is 7.83. The van der Waals surface area contributed by atoms with Crippen molar-refractivity contribution in [2.45, 2.75) is 6.54 Å². The molecule has 1 aromatic heterocycles. The van der Waals surface area contributed by atoms with Gasteiger partial charge in [-0.25, -0.2) is 5.43 Å². The van der Waals surface area contributed by atoms with Gasteiger partial charge in [-0.15, -0.1) is 0 Å². The van der Waals surface area contributed by atoms with E-state index in [-0.39, 0.29) is 18.0 Å². The monoisotopic (exact) mass is 531 g/mol. The number of halogens is 2. The number of methoxy groups -OCH3 is 1. The summed E-state index contributed by atoms with van der Waals surface area (Å²) in [7, 11) is 1.44. The first-order valence-electron chi connectivity index (χ1n) is 10.2. The highest BCUT2D eigenvalue weighted by molar-refractivity contribution is 6.40. The summed E-state index contributed by atoms with van der Waals surface area (Å²) in [6.45, 7) is -0.0932. The third kappa shape index (κ3) is 7.58. The molecule has 36 heavy (non-hydrogen) atoms. The van der Waals surface area contributed by atoms with Crippen molar-refractivity contribution in [3.8, 4) is 5.75 Å². The standard InChI is InChI=1S/C23H19Cl2N5O6/c1-35-19-5-3-2-4-18(19)29-22(33)23(34)30-27-12-17-7-6-16(36-17)11-26-20(31)21(32)28-15-9-13(24)8-14(25)10-15/h2-10,12H,11H2,1H3,(H,26,31)(H,28,32)(H,29,33)(H,30,34)/b27-12+. The number of hydrogen-bond acceptors (Lipinski definition) is 7. The fourth-order valence-electron chi connectivity index (χ4n) is 2.75. The SMILES string of the molecule is COc1ccccc1NC(=O)C(=O)N/N=C/c1ccc(CNC(=O)C(=O)Nc2cc(Cl)cc(Cl)c2)o1. The van der Waals surface area contributed by atoms with Crippen molar-refractivity contribution in [1.29, 1.82) is 0 Å². The molecule has 3 rings (SSSR count). The number of hydrogen-bond donors (Lipinski definition) is 4. The van der Waals surface area contributed by atoms with Gasteiger partial charge >= 0.3 is 23.6 Å². The Balaban J connectivity index is 1.45. The quantitative estimate of drug-likeness (QED) is 0.209. The van der Waals surface area contributed by atoms with Crippen LogP contribution in [0.3, 0.4) is 0 Å². The Bertz CT molecular complexity index is 1300. The molecule has 13 heteroatoms. The van der Waals surface area contributed by atoms with Gasteiger partial charge in [-0.2, -0.15) is 5.10 Å². The number of benzene rings is 2. The van der Waals surface area contributed by atoms with Crippen molar-refractivity contribution in [2.75, 3.05) is 17.7 Å². The molecule has 0 atom stereocenters. The number of nitrogens with one attached hydrogen (secondary N) is 4. The first-order valence-corrected chi connectivity index (χ1v) is 10.9. The summed E-state index contributed by atoms with van der Waals surface area (Å²) in [5.74, 6) is -2.86. The summed E-state index contributed by atoms with van der Waals surface area (Å²) >= 11 is 11.7. The summed E-state index contributed by atoms with van der Waals surface area (Å²) in [6, 6.07) is 14.0. The molecule has 0 spiro atoms. The number of carbonyl (C=O) groups excluding carboxylic acids is 4. The molecule has 186 valence electrons. The smallest absolute Gasteiger partial charge is 0.329 e. The van der Waals surface area contributed by atoms with Crippen molar-refractivity contribution < 1.29 is 28.3 Å². The van der Waals surface area contributed by atoms with Crippen molar-refractivity contribution in [2.24, 2.45) is 5.10 Å². The van der Waals surface area contributed by atoms with E-state index in [9.17, 15) is 19.2 Å². The average Bonchev–Trinajstić information content (AvgIpc) is 3.29. The lowest BCUT2D eigenvalue weighted by atomic mass is 10.3. The second-order valence-electron chi connectivity index (χ2n) is 6.95. The van der Waals surface area contributed by atoms with E-state index in [0.29, 0.717) is 27.2 Å². The predicted molar refractivity (Wildman–Crippen MR) is 133 cm³/mol. The fourth-order valence-corrected chi connectivity index (χ4v) is 3.28. The molecule has 0 aliphatic heterocycles. The van der Waals surface area contributed by atoms with Gasteiger partial charge in [0.1, 0.15) is 17.3 Å². The normalized spacial score (nSPS) is 10.5. The van der Waals surface area contributed by atoms with Gasteiger partial charge in [-0.3, -0.25) is 19.2 Å². The minimum absolute atomic E-state index is 0.0932. The first-order chi connectivity index (χ1) is 17.2. The lowest BCUT2D eigenvalue weighted by Crippen LogP contribution is -2.34. The Morgan fingerprint density at radius 1 is 0.917 bits per heavy atom. The average molecular weight is 532 g/mol. The minimum atomic E-state index is -1.01. The fraction of sp³-hybridized carbons (Fsp3) is 0.0870. The number of ether oxygens (including phenoxy) is 1. The van der Waals surface area contributed by atoms with Gasteiger partial charge in [0, 0.05) is 15.7 Å². The molecule has 3 aromatic rings. The number of furan rings is 1. The number of carbonyl (C=O) groups is 4. The van der Waals surface area contributed by atoms with Gasteiger partial charge in [-0.05, 0) is 42.5 Å². The van der Waals surface area contributed by atoms with E-state index in [1.165, 1.54) is 37.4 Å². The van der Waals surface area contributed by atoms with Crippen molar-refractivity contribution in [3.63, 3.8) is 0 Å². The van der Waals surface area contributed by atoms with Crippen LogP contribution in [-0.2, 0) is 25.7 Å². The summed E-state index contributed by atoms with van der Waals surface area (Å²) in [6.07, 6.45) is 1.16. The highest BCUT2D eigenvalue weighted by atomic mass is 35.5. The van der Waals surface area contributed by atoms with E-state index in [1.807, 2.05) is 0 Å². The van der Waals surface area contributed by atoms with Gasteiger partial charge in [0.2, 0.25) is 0 Å². The molecule has 0 saturated heterocycles. The lowest BCUT2D eigenvalue weighted by Gasteiger charge is -2.08. The molecule has 4 amide bonds. The van der Waals surface area contributed by atoms with Crippen LogP contribution in [0.1, 0.15) is 11.5 Å². The summed E-state index contributed by atoms with van der Waals surface area (Å²) < 4.78 is 10.5. The Hall–Kier alpha value is -4.35. The van der Waals surface area contributed by atoms with Crippen LogP contribution in [0.4, 0.5) is 11.4 Å². The second kappa shape index (κ2) is 12.4. The van der Waals surface area contributed by atoms with E-state index >= 15 is 0 Å². The first kappa shape index (κ1) is 26.3. The van der Waals surface area contributed by atoms with E-state index in [1.54, 1.807) is 24.3 Å². The number of nitrogens with zero attached hydrogens (tertiary/aromatic N) is 1. The van der Waals surface area contributed by atoms with Crippen LogP contribution in [0.25, 0.3) is 0 Å². The van der Waals surface area contributed by atoms with E-state index < -0.39 is 23.6 Å². The van der Waals surface area contributed by atoms with Crippen LogP contribution in [-0.4, -0.2) is 37.0 Å². The van der Waals surface area contributed by atoms with Gasteiger partial charge in [0.15, 0.2) is 0 Å². The van der Waals surface area contributed by atoms with Gasteiger partial charge < -0.3 is 25.1 Å². The largest absolute Gasteiger partial charge is 0.495 e. The zero-order valence-corrected chi connectivity index (χ0v) is 20.1. The van der Waals surface area contributed by atoms with Gasteiger partial charge in [-0.1, -0.05) is 35.3 Å². The number of rotatable bonds is 7. The Morgan fingerprint density at radius 2 is 1.61 bits per heavy atom. The van der Waals surface area contributed by atoms with Gasteiger partial charge in [0.25, 0.3) is 0 Å². The van der Waals surface area contributed by atoms with E-state index in [2.05, 4.69) is 26.5 Å². The summed E-state index contributed by atoms with van der Waals surface area (Å²) in [5, 5.41) is 11.5. The molecular weight excluding hydrogens is 513 g/mol. The summed E-state index contributed by atoms with van der Waals surface area (Å²) in [5.41, 5.74) is 2.66. The van der Waals surface area contributed by atoms with Crippen molar-refractivity contribution in [3.05, 3.63) is 76.2 Å². The zero-order chi connectivity index (χ0) is 26.1. The predicted octanol–water partition coefficient (Wildman–Crippen LogP) is 2.94. The molecule has 0 aliphatic rings. The van der Waals surface area contributed by atoms with E-state index in [4.69, 9.17) is 32.4 Å². The number of para-hydroxylation sites is 2. The number of anilines is 2. The molecule has 1 heterocycles. The molecule has 0 unspecified atom stereocenters. The molecule has 0 aliphatic carbocycles. The van der Waals surface area contributed by atoms with Crippen LogP contribution in [0, 0.1) is 0 Å². The third-order valence-corrected chi connectivity index (χ3v) is 4.79. The molecule has 0 bridgehead atoms.